The molecule has 2 rings (SSSR count). The van der Waals surface area contributed by atoms with E-state index >= 15 is 0 Å². The van der Waals surface area contributed by atoms with Crippen LogP contribution in [0, 0.1) is 17.0 Å². The highest BCUT2D eigenvalue weighted by molar-refractivity contribution is 5.98. The van der Waals surface area contributed by atoms with E-state index in [0.717, 1.165) is 0 Å². The number of anilines is 1. The second-order valence-electron chi connectivity index (χ2n) is 4.46. The summed E-state index contributed by atoms with van der Waals surface area (Å²) in [5, 5.41) is 13.6. The topological polar surface area (TPSA) is 111 Å². The molecule has 0 fully saturated rings. The van der Waals surface area contributed by atoms with Gasteiger partial charge >= 0.3 is 0 Å². The molecule has 0 saturated carbocycles. The number of nitro benzene ring substituents is 1. The van der Waals surface area contributed by atoms with Gasteiger partial charge in [0.05, 0.1) is 10.5 Å². The van der Waals surface area contributed by atoms with Crippen molar-refractivity contribution in [2.75, 3.05) is 5.73 Å². The van der Waals surface area contributed by atoms with E-state index in [1.54, 1.807) is 19.1 Å². The number of amides is 1. The van der Waals surface area contributed by atoms with Crippen LogP contribution >= 0.6 is 0 Å². The van der Waals surface area contributed by atoms with Crippen LogP contribution in [0.4, 0.5) is 11.4 Å². The smallest absolute Gasteiger partial charge is 0.272 e. The first kappa shape index (κ1) is 14.4. The van der Waals surface area contributed by atoms with Crippen molar-refractivity contribution in [1.29, 1.82) is 0 Å². The molecule has 0 bridgehead atoms. The number of nitro groups is 1. The maximum Gasteiger partial charge on any atom is 0.272 e. The summed E-state index contributed by atoms with van der Waals surface area (Å²) in [6.45, 7) is 1.83. The number of nitrogens with one attached hydrogen (secondary N) is 1. The Labute approximate surface area is 121 Å². The van der Waals surface area contributed by atoms with Crippen molar-refractivity contribution in [2.45, 2.75) is 13.5 Å². The summed E-state index contributed by atoms with van der Waals surface area (Å²) >= 11 is 0. The molecule has 0 aliphatic carbocycles. The zero-order valence-electron chi connectivity index (χ0n) is 11.4. The van der Waals surface area contributed by atoms with Crippen molar-refractivity contribution < 1.29 is 9.72 Å². The third kappa shape index (κ3) is 3.14. The van der Waals surface area contributed by atoms with E-state index in [4.69, 9.17) is 5.73 Å². The second kappa shape index (κ2) is 6.00. The predicted molar refractivity (Wildman–Crippen MR) is 77.7 cm³/mol. The minimum Gasteiger partial charge on any atom is -0.398 e. The molecule has 1 aromatic carbocycles. The molecule has 0 aliphatic heterocycles. The zero-order valence-corrected chi connectivity index (χ0v) is 11.4. The average molecular weight is 286 g/mol. The maximum absolute atomic E-state index is 12.0. The van der Waals surface area contributed by atoms with Crippen LogP contribution in [0.15, 0.2) is 36.7 Å². The molecule has 0 radical (unpaired) electrons. The quantitative estimate of drug-likeness (QED) is 0.657. The third-order valence-electron chi connectivity index (χ3n) is 3.15. The van der Waals surface area contributed by atoms with Gasteiger partial charge in [-0.2, -0.15) is 0 Å². The van der Waals surface area contributed by atoms with Crippen molar-refractivity contribution in [2.24, 2.45) is 0 Å². The van der Waals surface area contributed by atoms with Gasteiger partial charge in [0.15, 0.2) is 0 Å². The van der Waals surface area contributed by atoms with Gasteiger partial charge in [0.25, 0.3) is 11.6 Å². The van der Waals surface area contributed by atoms with Crippen LogP contribution in [-0.2, 0) is 6.54 Å². The van der Waals surface area contributed by atoms with Crippen molar-refractivity contribution in [3.63, 3.8) is 0 Å². The second-order valence-corrected chi connectivity index (χ2v) is 4.46. The van der Waals surface area contributed by atoms with Crippen molar-refractivity contribution in [3.8, 4) is 0 Å². The van der Waals surface area contributed by atoms with Gasteiger partial charge in [-0.3, -0.25) is 19.9 Å². The lowest BCUT2D eigenvalue weighted by Crippen LogP contribution is -2.24. The molecular formula is C14H14N4O3. The SMILES string of the molecule is Cc1c(CNC(=O)c2cnccc2N)cccc1[N+](=O)[O-]. The Balaban J connectivity index is 2.14. The molecule has 0 spiro atoms. The first-order valence-electron chi connectivity index (χ1n) is 6.21. The average Bonchev–Trinajstić information content (AvgIpc) is 2.46. The van der Waals surface area contributed by atoms with Crippen LogP contribution in [0.1, 0.15) is 21.5 Å². The molecular weight excluding hydrogens is 272 g/mol. The fourth-order valence-corrected chi connectivity index (χ4v) is 1.92. The fourth-order valence-electron chi connectivity index (χ4n) is 1.92. The van der Waals surface area contributed by atoms with Gasteiger partial charge in [-0.1, -0.05) is 12.1 Å². The number of hydrogen-bond donors (Lipinski definition) is 2. The fraction of sp³-hybridized carbons (Fsp3) is 0.143. The largest absolute Gasteiger partial charge is 0.398 e. The monoisotopic (exact) mass is 286 g/mol. The molecule has 108 valence electrons. The number of benzene rings is 1. The van der Waals surface area contributed by atoms with Gasteiger partial charge in [-0.25, -0.2) is 0 Å². The van der Waals surface area contributed by atoms with E-state index in [9.17, 15) is 14.9 Å². The lowest BCUT2D eigenvalue weighted by atomic mass is 10.1. The maximum atomic E-state index is 12.0. The highest BCUT2D eigenvalue weighted by Crippen LogP contribution is 2.21. The molecule has 0 unspecified atom stereocenters. The third-order valence-corrected chi connectivity index (χ3v) is 3.15. The van der Waals surface area contributed by atoms with E-state index in [1.807, 2.05) is 0 Å². The van der Waals surface area contributed by atoms with Crippen LogP contribution in [0.2, 0.25) is 0 Å². The number of carbonyl (C=O) groups is 1. The van der Waals surface area contributed by atoms with Crippen LogP contribution in [0.5, 0.6) is 0 Å². The first-order chi connectivity index (χ1) is 10.0. The van der Waals surface area contributed by atoms with Crippen LogP contribution in [0.3, 0.4) is 0 Å². The number of nitrogens with two attached hydrogens (primary N) is 1. The number of nitrogen functional groups attached to an aromatic ring is 1. The van der Waals surface area contributed by atoms with Crippen molar-refractivity contribution in [1.82, 2.24) is 10.3 Å². The standard InChI is InChI=1S/C14H14N4O3/c1-9-10(3-2-4-13(9)18(20)21)7-17-14(19)11-8-16-6-5-12(11)15/h2-6,8H,7H2,1H3,(H2,15,16)(H,17,19). The van der Waals surface area contributed by atoms with Gasteiger partial charge < -0.3 is 11.1 Å². The predicted octanol–water partition coefficient (Wildman–Crippen LogP) is 1.81. The Hall–Kier alpha value is -2.96. The van der Waals surface area contributed by atoms with Crippen LogP contribution < -0.4 is 11.1 Å². The van der Waals surface area contributed by atoms with Gasteiger partial charge in [-0.15, -0.1) is 0 Å². The van der Waals surface area contributed by atoms with Gasteiger partial charge in [0.1, 0.15) is 0 Å². The van der Waals surface area contributed by atoms with E-state index in [2.05, 4.69) is 10.3 Å². The van der Waals surface area contributed by atoms with E-state index in [1.165, 1.54) is 24.5 Å². The summed E-state index contributed by atoms with van der Waals surface area (Å²) in [5.74, 6) is -0.369. The Morgan fingerprint density at radius 1 is 1.43 bits per heavy atom. The molecule has 1 amide bonds. The molecule has 1 aromatic heterocycles. The van der Waals surface area contributed by atoms with E-state index in [0.29, 0.717) is 16.8 Å². The van der Waals surface area contributed by atoms with Gasteiger partial charge in [0, 0.05) is 36.3 Å². The summed E-state index contributed by atoms with van der Waals surface area (Å²) in [4.78, 5) is 26.3. The molecule has 3 N–H and O–H groups in total. The first-order valence-corrected chi connectivity index (χ1v) is 6.21. The molecule has 2 aromatic rings. The number of carbonyl (C=O) groups excluding carboxylic acids is 1. The lowest BCUT2D eigenvalue weighted by Gasteiger charge is -2.09. The van der Waals surface area contributed by atoms with E-state index < -0.39 is 4.92 Å². The number of nitrogens with zero attached hydrogens (tertiary/aromatic N) is 2. The molecule has 0 aliphatic rings. The van der Waals surface area contributed by atoms with Crippen molar-refractivity contribution >= 4 is 17.3 Å². The Morgan fingerprint density at radius 2 is 2.19 bits per heavy atom. The molecule has 7 nitrogen and oxygen atoms in total. The van der Waals surface area contributed by atoms with Crippen molar-refractivity contribution in [3.05, 3.63) is 63.5 Å². The highest BCUT2D eigenvalue weighted by atomic mass is 16.6. The summed E-state index contributed by atoms with van der Waals surface area (Å²) in [6.07, 6.45) is 2.88. The highest BCUT2D eigenvalue weighted by Gasteiger charge is 2.14. The zero-order chi connectivity index (χ0) is 15.4. The molecule has 7 heteroatoms. The number of hydrogen-bond acceptors (Lipinski definition) is 5. The lowest BCUT2D eigenvalue weighted by molar-refractivity contribution is -0.385. The van der Waals surface area contributed by atoms with E-state index in [-0.39, 0.29) is 23.7 Å². The Morgan fingerprint density at radius 3 is 2.86 bits per heavy atom. The molecule has 0 saturated heterocycles. The van der Waals surface area contributed by atoms with Crippen LogP contribution in [0.25, 0.3) is 0 Å². The Bertz CT molecular complexity index is 700. The molecule has 21 heavy (non-hydrogen) atoms. The molecule has 1 heterocycles. The summed E-state index contributed by atoms with van der Waals surface area (Å²) in [5.41, 5.74) is 7.54. The van der Waals surface area contributed by atoms with Gasteiger partial charge in [-0.05, 0) is 18.6 Å². The number of rotatable bonds is 4. The minimum absolute atomic E-state index is 0.0302. The minimum atomic E-state index is -0.445. The normalized spacial score (nSPS) is 10.1. The summed E-state index contributed by atoms with van der Waals surface area (Å²) < 4.78 is 0. The van der Waals surface area contributed by atoms with Gasteiger partial charge in [0.2, 0.25) is 0 Å². The van der Waals surface area contributed by atoms with Crippen LogP contribution in [-0.4, -0.2) is 15.8 Å². The number of pyridine rings is 1. The number of aromatic nitrogens is 1. The summed E-state index contributed by atoms with van der Waals surface area (Å²) in [6, 6.07) is 6.29. The Kier molecular flexibility index (Phi) is 4.13. The summed E-state index contributed by atoms with van der Waals surface area (Å²) in [7, 11) is 0. The molecule has 0 atom stereocenters.